The van der Waals surface area contributed by atoms with Gasteiger partial charge in [0.15, 0.2) is 17.0 Å². The molecule has 2 saturated heterocycles. The van der Waals surface area contributed by atoms with Gasteiger partial charge in [0.05, 0.1) is 0 Å². The van der Waals surface area contributed by atoms with Crippen molar-refractivity contribution in [1.29, 1.82) is 0 Å². The number of aryl methyl sites for hydroxylation is 2. The number of rotatable bonds is 5. The SMILES string of the molecule is CCn1c(-c2ccc(C)nc2)nc2c(N[C@H]3CCN(C(=O)C4CCCO4)C3)ncnc21. The van der Waals surface area contributed by atoms with Gasteiger partial charge in [0.2, 0.25) is 0 Å². The molecule has 0 saturated carbocycles. The highest BCUT2D eigenvalue weighted by atomic mass is 16.5. The number of aromatic nitrogens is 5. The van der Waals surface area contributed by atoms with E-state index in [4.69, 9.17) is 9.72 Å². The third-order valence-corrected chi connectivity index (χ3v) is 6.06. The minimum Gasteiger partial charge on any atom is -0.368 e. The minimum absolute atomic E-state index is 0.110. The molecular weight excluding hydrogens is 394 g/mol. The van der Waals surface area contributed by atoms with Crippen molar-refractivity contribution < 1.29 is 9.53 Å². The van der Waals surface area contributed by atoms with Crippen LogP contribution in [-0.2, 0) is 16.1 Å². The number of likely N-dealkylation sites (tertiary alicyclic amines) is 1. The molecule has 0 spiro atoms. The summed E-state index contributed by atoms with van der Waals surface area (Å²) >= 11 is 0. The van der Waals surface area contributed by atoms with Crippen molar-refractivity contribution in [2.24, 2.45) is 0 Å². The molecule has 2 aliphatic rings. The zero-order valence-corrected chi connectivity index (χ0v) is 17.9. The number of nitrogens with one attached hydrogen (secondary N) is 1. The van der Waals surface area contributed by atoms with Crippen molar-refractivity contribution in [3.05, 3.63) is 30.4 Å². The summed E-state index contributed by atoms with van der Waals surface area (Å²) < 4.78 is 7.65. The van der Waals surface area contributed by atoms with E-state index in [0.717, 1.165) is 60.6 Å². The Hall–Kier alpha value is -3.07. The van der Waals surface area contributed by atoms with Gasteiger partial charge in [-0.2, -0.15) is 0 Å². The number of nitrogens with zero attached hydrogens (tertiary/aromatic N) is 6. The zero-order valence-electron chi connectivity index (χ0n) is 17.9. The van der Waals surface area contributed by atoms with Gasteiger partial charge in [0.25, 0.3) is 5.91 Å². The lowest BCUT2D eigenvalue weighted by Gasteiger charge is -2.20. The molecule has 1 amide bonds. The maximum atomic E-state index is 12.7. The van der Waals surface area contributed by atoms with E-state index in [-0.39, 0.29) is 18.1 Å². The molecule has 1 unspecified atom stereocenters. The molecular formula is C22H27N7O2. The molecule has 9 heteroatoms. The molecule has 0 aliphatic carbocycles. The summed E-state index contributed by atoms with van der Waals surface area (Å²) in [5, 5.41) is 3.51. The van der Waals surface area contributed by atoms with Crippen LogP contribution in [-0.4, -0.2) is 67.2 Å². The third kappa shape index (κ3) is 3.74. The number of anilines is 1. The first kappa shape index (κ1) is 19.9. The van der Waals surface area contributed by atoms with Crippen molar-refractivity contribution in [2.75, 3.05) is 25.0 Å². The molecule has 0 bridgehead atoms. The maximum absolute atomic E-state index is 12.7. The number of fused-ring (bicyclic) bond motifs is 1. The van der Waals surface area contributed by atoms with Crippen molar-refractivity contribution in [1.82, 2.24) is 29.4 Å². The third-order valence-electron chi connectivity index (χ3n) is 6.06. The highest BCUT2D eigenvalue weighted by molar-refractivity contribution is 5.86. The van der Waals surface area contributed by atoms with Gasteiger partial charge in [-0.1, -0.05) is 0 Å². The van der Waals surface area contributed by atoms with E-state index in [1.165, 1.54) is 0 Å². The van der Waals surface area contributed by atoms with E-state index in [1.54, 1.807) is 6.33 Å². The number of pyridine rings is 1. The monoisotopic (exact) mass is 421 g/mol. The summed E-state index contributed by atoms with van der Waals surface area (Å²) in [5.41, 5.74) is 3.45. The first-order valence-corrected chi connectivity index (χ1v) is 10.9. The van der Waals surface area contributed by atoms with Crippen LogP contribution in [0.25, 0.3) is 22.6 Å². The van der Waals surface area contributed by atoms with Gasteiger partial charge >= 0.3 is 0 Å². The van der Waals surface area contributed by atoms with Gasteiger partial charge in [-0.05, 0) is 45.2 Å². The van der Waals surface area contributed by atoms with Gasteiger partial charge in [-0.3, -0.25) is 9.78 Å². The second-order valence-corrected chi connectivity index (χ2v) is 8.18. The molecule has 5 heterocycles. The summed E-state index contributed by atoms with van der Waals surface area (Å²) in [4.78, 5) is 32.8. The number of amides is 1. The van der Waals surface area contributed by atoms with E-state index < -0.39 is 0 Å². The second-order valence-electron chi connectivity index (χ2n) is 8.18. The number of imidazole rings is 1. The van der Waals surface area contributed by atoms with E-state index in [9.17, 15) is 4.79 Å². The summed E-state index contributed by atoms with van der Waals surface area (Å²) in [7, 11) is 0. The fraction of sp³-hybridized carbons (Fsp3) is 0.500. The van der Waals surface area contributed by atoms with Crippen LogP contribution in [0.4, 0.5) is 5.82 Å². The molecule has 3 aromatic rings. The molecule has 31 heavy (non-hydrogen) atoms. The number of carbonyl (C=O) groups excluding carboxylic acids is 1. The zero-order chi connectivity index (χ0) is 21.4. The molecule has 2 fully saturated rings. The first-order chi connectivity index (χ1) is 15.1. The van der Waals surface area contributed by atoms with Crippen LogP contribution < -0.4 is 5.32 Å². The fourth-order valence-electron chi connectivity index (χ4n) is 4.41. The van der Waals surface area contributed by atoms with Crippen LogP contribution in [0.3, 0.4) is 0 Å². The van der Waals surface area contributed by atoms with Gasteiger partial charge < -0.3 is 19.5 Å². The fourth-order valence-corrected chi connectivity index (χ4v) is 4.41. The van der Waals surface area contributed by atoms with Gasteiger partial charge in [-0.15, -0.1) is 0 Å². The number of carbonyl (C=O) groups is 1. The van der Waals surface area contributed by atoms with E-state index in [2.05, 4.69) is 31.8 Å². The molecule has 5 rings (SSSR count). The van der Waals surface area contributed by atoms with Crippen molar-refractivity contribution in [2.45, 2.75) is 51.8 Å². The Morgan fingerprint density at radius 3 is 2.90 bits per heavy atom. The molecule has 2 aliphatic heterocycles. The Labute approximate surface area is 180 Å². The highest BCUT2D eigenvalue weighted by Crippen LogP contribution is 2.28. The molecule has 2 atom stereocenters. The first-order valence-electron chi connectivity index (χ1n) is 10.9. The quantitative estimate of drug-likeness (QED) is 0.675. The Morgan fingerprint density at radius 2 is 2.16 bits per heavy atom. The molecule has 0 radical (unpaired) electrons. The molecule has 162 valence electrons. The van der Waals surface area contributed by atoms with Crippen LogP contribution >= 0.6 is 0 Å². The summed E-state index contributed by atoms with van der Waals surface area (Å²) in [6, 6.07) is 4.14. The number of hydrogen-bond donors (Lipinski definition) is 1. The molecule has 3 aromatic heterocycles. The van der Waals surface area contributed by atoms with Crippen molar-refractivity contribution in [3.63, 3.8) is 0 Å². The minimum atomic E-state index is -0.268. The van der Waals surface area contributed by atoms with Crippen LogP contribution in [0.5, 0.6) is 0 Å². The Kier molecular flexibility index (Phi) is 5.27. The second kappa shape index (κ2) is 8.22. The van der Waals surface area contributed by atoms with Crippen molar-refractivity contribution in [3.8, 4) is 11.4 Å². The lowest BCUT2D eigenvalue weighted by Crippen LogP contribution is -2.38. The maximum Gasteiger partial charge on any atom is 0.251 e. The van der Waals surface area contributed by atoms with Gasteiger partial charge in [0, 0.05) is 49.7 Å². The normalized spacial score (nSPS) is 21.2. The van der Waals surface area contributed by atoms with Gasteiger partial charge in [0.1, 0.15) is 18.3 Å². The summed E-state index contributed by atoms with van der Waals surface area (Å²) in [6.07, 6.45) is 5.80. The van der Waals surface area contributed by atoms with E-state index in [0.29, 0.717) is 19.0 Å². The van der Waals surface area contributed by atoms with E-state index in [1.807, 2.05) is 30.2 Å². The lowest BCUT2D eigenvalue weighted by molar-refractivity contribution is -0.139. The average Bonchev–Trinajstić information content (AvgIpc) is 3.54. The largest absolute Gasteiger partial charge is 0.368 e. The standard InChI is InChI=1S/C22H27N7O2/c1-3-29-20(15-7-6-14(2)23-11-15)27-18-19(24-13-25-21(18)29)26-16-8-9-28(12-16)22(30)17-5-4-10-31-17/h6-7,11,13,16-17H,3-5,8-10,12H2,1-2H3,(H,24,25,26)/t16-,17?/m0/s1. The molecule has 9 nitrogen and oxygen atoms in total. The summed E-state index contributed by atoms with van der Waals surface area (Å²) in [5.74, 6) is 1.64. The number of hydrogen-bond acceptors (Lipinski definition) is 7. The summed E-state index contributed by atoms with van der Waals surface area (Å²) in [6.45, 7) is 6.84. The van der Waals surface area contributed by atoms with Crippen LogP contribution in [0.1, 0.15) is 31.9 Å². The van der Waals surface area contributed by atoms with Crippen LogP contribution in [0, 0.1) is 6.92 Å². The predicted molar refractivity (Wildman–Crippen MR) is 117 cm³/mol. The Morgan fingerprint density at radius 1 is 1.26 bits per heavy atom. The van der Waals surface area contributed by atoms with Crippen molar-refractivity contribution >= 4 is 22.9 Å². The van der Waals surface area contributed by atoms with Crippen LogP contribution in [0.15, 0.2) is 24.7 Å². The topological polar surface area (TPSA) is 98.1 Å². The Balaban J connectivity index is 1.39. The van der Waals surface area contributed by atoms with Gasteiger partial charge in [-0.25, -0.2) is 15.0 Å². The highest BCUT2D eigenvalue weighted by Gasteiger charge is 2.33. The molecule has 0 aromatic carbocycles. The average molecular weight is 422 g/mol. The lowest BCUT2D eigenvalue weighted by atomic mass is 10.2. The van der Waals surface area contributed by atoms with E-state index >= 15 is 0 Å². The smallest absolute Gasteiger partial charge is 0.251 e. The number of ether oxygens (including phenoxy) is 1. The Bertz CT molecular complexity index is 1090. The van der Waals surface area contributed by atoms with Crippen LogP contribution in [0.2, 0.25) is 0 Å². The molecule has 1 N–H and O–H groups in total. The predicted octanol–water partition coefficient (Wildman–Crippen LogP) is 2.41.